The predicted molar refractivity (Wildman–Crippen MR) is 114 cm³/mol. The molecule has 3 aromatic carbocycles. The first-order valence-corrected chi connectivity index (χ1v) is 9.70. The highest BCUT2D eigenvalue weighted by atomic mass is 35.5. The summed E-state index contributed by atoms with van der Waals surface area (Å²) in [6, 6.07) is 24.0. The van der Waals surface area contributed by atoms with E-state index in [0.717, 1.165) is 28.1 Å². The molecule has 4 aromatic rings. The van der Waals surface area contributed by atoms with Gasteiger partial charge in [-0.1, -0.05) is 53.3 Å². The van der Waals surface area contributed by atoms with E-state index in [2.05, 4.69) is 63.6 Å². The lowest BCUT2D eigenvalue weighted by Gasteiger charge is -2.19. The largest absolute Gasteiger partial charge is 0.370 e. The number of nitrogens with zero attached hydrogens (tertiary/aromatic N) is 4. The summed E-state index contributed by atoms with van der Waals surface area (Å²) in [6.45, 7) is 0.857. The van der Waals surface area contributed by atoms with Crippen molar-refractivity contribution in [2.75, 3.05) is 11.9 Å². The molecule has 27 heavy (non-hydrogen) atoms. The van der Waals surface area contributed by atoms with Gasteiger partial charge in [0.25, 0.3) is 0 Å². The Balaban J connectivity index is 1.45. The van der Waals surface area contributed by atoms with Crippen molar-refractivity contribution in [3.63, 3.8) is 0 Å². The number of hydrogen-bond acceptors (Lipinski definition) is 5. The molecule has 0 amide bonds. The summed E-state index contributed by atoms with van der Waals surface area (Å²) in [4.78, 5) is 6.65. The Kier molecular flexibility index (Phi) is 5.14. The molecule has 0 saturated carbocycles. The van der Waals surface area contributed by atoms with Crippen molar-refractivity contribution >= 4 is 49.7 Å². The second kappa shape index (κ2) is 7.86. The van der Waals surface area contributed by atoms with Gasteiger partial charge >= 0.3 is 0 Å². The van der Waals surface area contributed by atoms with Crippen molar-refractivity contribution < 1.29 is 0 Å². The Morgan fingerprint density at radius 2 is 1.74 bits per heavy atom. The average Bonchev–Trinajstić information content (AvgIpc) is 3.09. The highest BCUT2D eigenvalue weighted by Gasteiger charge is 2.04. The molecular weight excluding hydrogens is 376 g/mol. The Labute approximate surface area is 166 Å². The minimum absolute atomic E-state index is 0.623. The van der Waals surface area contributed by atoms with Gasteiger partial charge in [-0.3, -0.25) is 0 Å². The molecule has 4 nitrogen and oxygen atoms in total. The molecule has 0 unspecified atom stereocenters. The number of rotatable bonds is 5. The lowest BCUT2D eigenvalue weighted by atomic mass is 10.2. The molecule has 0 aliphatic rings. The van der Waals surface area contributed by atoms with Gasteiger partial charge in [0.1, 0.15) is 0 Å². The van der Waals surface area contributed by atoms with Gasteiger partial charge in [-0.25, -0.2) is 4.98 Å². The van der Waals surface area contributed by atoms with Crippen molar-refractivity contribution in [2.45, 2.75) is 6.54 Å². The number of anilines is 1. The molecule has 0 fully saturated rings. The number of benzene rings is 3. The van der Waals surface area contributed by atoms with Gasteiger partial charge < -0.3 is 4.90 Å². The molecule has 0 saturated heterocycles. The van der Waals surface area contributed by atoms with Crippen molar-refractivity contribution in [1.82, 2.24) is 4.98 Å². The van der Waals surface area contributed by atoms with Crippen LogP contribution in [0.3, 0.4) is 0 Å². The Hall–Kier alpha value is -2.76. The van der Waals surface area contributed by atoms with Crippen LogP contribution in [0.4, 0.5) is 16.5 Å². The summed E-state index contributed by atoms with van der Waals surface area (Å²) in [5.74, 6) is 0. The van der Waals surface area contributed by atoms with E-state index in [1.807, 2.05) is 36.4 Å². The van der Waals surface area contributed by atoms with Gasteiger partial charge in [0.05, 0.1) is 15.9 Å². The first-order chi connectivity index (χ1) is 13.2. The van der Waals surface area contributed by atoms with E-state index in [1.165, 1.54) is 16.9 Å². The second-order valence-electron chi connectivity index (χ2n) is 6.17. The van der Waals surface area contributed by atoms with Crippen LogP contribution in [-0.2, 0) is 6.54 Å². The van der Waals surface area contributed by atoms with Gasteiger partial charge in [-0.05, 0) is 48.0 Å². The number of thiazole rings is 1. The highest BCUT2D eigenvalue weighted by Crippen LogP contribution is 2.31. The summed E-state index contributed by atoms with van der Waals surface area (Å²) >= 11 is 7.49. The minimum Gasteiger partial charge on any atom is -0.370 e. The van der Waals surface area contributed by atoms with Gasteiger partial charge in [0.2, 0.25) is 5.13 Å². The number of azo groups is 1. The lowest BCUT2D eigenvalue weighted by Crippen LogP contribution is -2.15. The standard InChI is InChI=1S/C21H17ClN4S/c1-26(14-15-5-3-2-4-6-15)18-10-8-17(9-11-18)24-25-21-23-19-12-7-16(22)13-20(19)27-21/h2-13H,14H2,1H3. The first-order valence-electron chi connectivity index (χ1n) is 8.50. The smallest absolute Gasteiger partial charge is 0.231 e. The van der Waals surface area contributed by atoms with E-state index in [0.29, 0.717) is 10.2 Å². The zero-order valence-electron chi connectivity index (χ0n) is 14.7. The number of hydrogen-bond donors (Lipinski definition) is 0. The summed E-state index contributed by atoms with van der Waals surface area (Å²) in [5.41, 5.74) is 4.09. The molecule has 0 aliphatic carbocycles. The van der Waals surface area contributed by atoms with Crippen LogP contribution in [0.15, 0.2) is 83.0 Å². The number of fused-ring (bicyclic) bond motifs is 1. The van der Waals surface area contributed by atoms with Crippen LogP contribution in [0.25, 0.3) is 10.2 Å². The Morgan fingerprint density at radius 3 is 2.52 bits per heavy atom. The summed E-state index contributed by atoms with van der Waals surface area (Å²) < 4.78 is 1.01. The molecule has 0 aliphatic heterocycles. The Morgan fingerprint density at radius 1 is 0.963 bits per heavy atom. The molecule has 0 spiro atoms. The molecule has 6 heteroatoms. The zero-order valence-corrected chi connectivity index (χ0v) is 16.3. The third-order valence-corrected chi connectivity index (χ3v) is 5.28. The third kappa shape index (κ3) is 4.32. The van der Waals surface area contributed by atoms with Crippen molar-refractivity contribution in [3.8, 4) is 0 Å². The predicted octanol–water partition coefficient (Wildman–Crippen LogP) is 7.00. The molecular formula is C21H17ClN4S. The molecule has 0 bridgehead atoms. The van der Waals surface area contributed by atoms with Gasteiger partial charge in [-0.15, -0.1) is 10.2 Å². The molecule has 4 rings (SSSR count). The number of aromatic nitrogens is 1. The topological polar surface area (TPSA) is 40.9 Å². The normalized spacial score (nSPS) is 11.3. The van der Waals surface area contributed by atoms with Crippen molar-refractivity contribution in [2.24, 2.45) is 10.2 Å². The van der Waals surface area contributed by atoms with Crippen LogP contribution >= 0.6 is 22.9 Å². The zero-order chi connectivity index (χ0) is 18.6. The molecule has 0 radical (unpaired) electrons. The van der Waals surface area contributed by atoms with E-state index in [4.69, 9.17) is 11.6 Å². The van der Waals surface area contributed by atoms with Crippen LogP contribution in [0.2, 0.25) is 5.02 Å². The summed E-state index contributed by atoms with van der Waals surface area (Å²) in [7, 11) is 2.08. The third-order valence-electron chi connectivity index (χ3n) is 4.14. The second-order valence-corrected chi connectivity index (χ2v) is 7.61. The fourth-order valence-corrected chi connectivity index (χ4v) is 3.82. The van der Waals surface area contributed by atoms with Crippen LogP contribution < -0.4 is 4.90 Å². The van der Waals surface area contributed by atoms with Crippen molar-refractivity contribution in [1.29, 1.82) is 0 Å². The Bertz CT molecular complexity index is 1070. The molecule has 1 heterocycles. The van der Waals surface area contributed by atoms with Gasteiger partial charge in [0, 0.05) is 24.3 Å². The van der Waals surface area contributed by atoms with E-state index >= 15 is 0 Å². The molecule has 1 aromatic heterocycles. The maximum Gasteiger partial charge on any atom is 0.231 e. The van der Waals surface area contributed by atoms with Crippen LogP contribution in [-0.4, -0.2) is 12.0 Å². The van der Waals surface area contributed by atoms with Crippen molar-refractivity contribution in [3.05, 3.63) is 83.4 Å². The fraction of sp³-hybridized carbons (Fsp3) is 0.0952. The van der Waals surface area contributed by atoms with Crippen LogP contribution in [0.1, 0.15) is 5.56 Å². The highest BCUT2D eigenvalue weighted by molar-refractivity contribution is 7.21. The quantitative estimate of drug-likeness (QED) is 0.343. The molecule has 0 N–H and O–H groups in total. The SMILES string of the molecule is CN(Cc1ccccc1)c1ccc(N=Nc2nc3ccc(Cl)cc3s2)cc1. The maximum absolute atomic E-state index is 6.01. The van der Waals surface area contributed by atoms with E-state index < -0.39 is 0 Å². The minimum atomic E-state index is 0.623. The van der Waals surface area contributed by atoms with E-state index in [9.17, 15) is 0 Å². The van der Waals surface area contributed by atoms with E-state index in [1.54, 1.807) is 0 Å². The lowest BCUT2D eigenvalue weighted by molar-refractivity contribution is 0.923. The molecule has 0 atom stereocenters. The average molecular weight is 393 g/mol. The van der Waals surface area contributed by atoms with Crippen LogP contribution in [0, 0.1) is 0 Å². The van der Waals surface area contributed by atoms with Crippen LogP contribution in [0.5, 0.6) is 0 Å². The summed E-state index contributed by atoms with van der Waals surface area (Å²) in [6.07, 6.45) is 0. The molecule has 134 valence electrons. The fourth-order valence-electron chi connectivity index (χ4n) is 2.75. The maximum atomic E-state index is 6.01. The van der Waals surface area contributed by atoms with Gasteiger partial charge in [-0.2, -0.15) is 0 Å². The monoisotopic (exact) mass is 392 g/mol. The first kappa shape index (κ1) is 17.6. The van der Waals surface area contributed by atoms with E-state index in [-0.39, 0.29) is 0 Å². The van der Waals surface area contributed by atoms with Gasteiger partial charge in [0.15, 0.2) is 0 Å². The number of halogens is 1. The summed E-state index contributed by atoms with van der Waals surface area (Å²) in [5, 5.41) is 9.88.